The highest BCUT2D eigenvalue weighted by molar-refractivity contribution is 5.24. The average Bonchev–Trinajstić information content (AvgIpc) is 2.18. The van der Waals surface area contributed by atoms with Crippen molar-refractivity contribution in [2.24, 2.45) is 0 Å². The second-order valence-corrected chi connectivity index (χ2v) is 4.53. The number of benzene rings is 1. The summed E-state index contributed by atoms with van der Waals surface area (Å²) in [6.45, 7) is 8.80. The van der Waals surface area contributed by atoms with Gasteiger partial charge in [-0.05, 0) is 24.5 Å². The van der Waals surface area contributed by atoms with Gasteiger partial charge in [0.15, 0.2) is 0 Å². The summed E-state index contributed by atoms with van der Waals surface area (Å²) in [6, 6.07) is 9.96. The maximum Gasteiger partial charge on any atom is 0.0294 e. The van der Waals surface area contributed by atoms with Crippen molar-refractivity contribution in [1.82, 2.24) is 5.32 Å². The molecule has 0 aliphatic heterocycles. The van der Waals surface area contributed by atoms with Crippen LogP contribution in [0.4, 0.5) is 0 Å². The third-order valence-electron chi connectivity index (χ3n) is 2.60. The molecule has 0 aliphatic carbocycles. The molecule has 84 valence electrons. The zero-order valence-corrected chi connectivity index (χ0v) is 10.4. The summed E-state index contributed by atoms with van der Waals surface area (Å²) in [5, 5.41) is 3.51. The van der Waals surface area contributed by atoms with Gasteiger partial charge in [0, 0.05) is 12.1 Å². The fraction of sp³-hybridized carbons (Fsp3) is 0.571. The Kier molecular flexibility index (Phi) is 4.83. The molecule has 15 heavy (non-hydrogen) atoms. The normalized spacial score (nSPS) is 13.1. The molecule has 1 rings (SSSR count). The Morgan fingerprint density at radius 2 is 1.67 bits per heavy atom. The molecule has 0 amide bonds. The molecule has 1 aromatic carbocycles. The third kappa shape index (κ3) is 4.05. The number of hydrogen-bond donors (Lipinski definition) is 1. The minimum absolute atomic E-state index is 0.445. The zero-order valence-electron chi connectivity index (χ0n) is 10.4. The summed E-state index contributed by atoms with van der Waals surface area (Å²) in [4.78, 5) is 0. The van der Waals surface area contributed by atoms with Crippen molar-refractivity contribution in [3.8, 4) is 0 Å². The molecule has 1 aromatic rings. The molecular formula is C14H23N. The Hall–Kier alpha value is -0.820. The molecule has 0 heterocycles. The second-order valence-electron chi connectivity index (χ2n) is 4.53. The Morgan fingerprint density at radius 1 is 1.07 bits per heavy atom. The Labute approximate surface area is 93.9 Å². The molecule has 1 N–H and O–H groups in total. The molecule has 1 unspecified atom stereocenters. The average molecular weight is 205 g/mol. The van der Waals surface area contributed by atoms with Gasteiger partial charge in [0.05, 0.1) is 0 Å². The fourth-order valence-electron chi connectivity index (χ4n) is 1.86. The van der Waals surface area contributed by atoms with Crippen molar-refractivity contribution >= 4 is 0 Å². The van der Waals surface area contributed by atoms with Crippen LogP contribution in [0.2, 0.25) is 0 Å². The summed E-state index contributed by atoms with van der Waals surface area (Å²) in [7, 11) is 0. The predicted octanol–water partition coefficient (Wildman–Crippen LogP) is 3.70. The van der Waals surface area contributed by atoms with Gasteiger partial charge in [-0.2, -0.15) is 0 Å². The van der Waals surface area contributed by atoms with Crippen molar-refractivity contribution in [3.05, 3.63) is 35.4 Å². The molecule has 0 spiro atoms. The van der Waals surface area contributed by atoms with E-state index in [0.29, 0.717) is 12.1 Å². The molecule has 0 aliphatic rings. The lowest BCUT2D eigenvalue weighted by molar-refractivity contribution is 0.506. The Balaban J connectivity index is 2.62. The minimum atomic E-state index is 0.445. The van der Waals surface area contributed by atoms with Crippen LogP contribution in [0.1, 0.15) is 51.3 Å². The highest BCUT2D eigenvalue weighted by Gasteiger charge is 2.05. The van der Waals surface area contributed by atoms with E-state index < -0.39 is 0 Å². The summed E-state index contributed by atoms with van der Waals surface area (Å²) in [6.07, 6.45) is 2.41. The zero-order chi connectivity index (χ0) is 11.3. The van der Waals surface area contributed by atoms with Gasteiger partial charge in [0.2, 0.25) is 0 Å². The van der Waals surface area contributed by atoms with Gasteiger partial charge in [-0.15, -0.1) is 0 Å². The van der Waals surface area contributed by atoms with Crippen LogP contribution in [0, 0.1) is 0 Å². The smallest absolute Gasteiger partial charge is 0.0294 e. The highest BCUT2D eigenvalue weighted by atomic mass is 14.9. The highest BCUT2D eigenvalue weighted by Crippen LogP contribution is 2.14. The molecule has 1 atom stereocenters. The van der Waals surface area contributed by atoms with E-state index in [0.717, 1.165) is 0 Å². The van der Waals surface area contributed by atoms with E-state index in [4.69, 9.17) is 0 Å². The van der Waals surface area contributed by atoms with Crippen molar-refractivity contribution in [2.45, 2.75) is 52.6 Å². The molecule has 0 radical (unpaired) electrons. The van der Waals surface area contributed by atoms with Gasteiger partial charge in [-0.3, -0.25) is 0 Å². The van der Waals surface area contributed by atoms with E-state index in [1.807, 2.05) is 0 Å². The largest absolute Gasteiger partial charge is 0.308 e. The van der Waals surface area contributed by atoms with Crippen LogP contribution in [0.15, 0.2) is 24.3 Å². The summed E-state index contributed by atoms with van der Waals surface area (Å²) < 4.78 is 0. The SMILES string of the molecule is CCCc1ccc(C(C)NC(C)C)cc1. The molecule has 0 saturated carbocycles. The molecule has 1 heteroatoms. The molecule has 1 nitrogen and oxygen atoms in total. The van der Waals surface area contributed by atoms with Crippen LogP contribution in [0.25, 0.3) is 0 Å². The van der Waals surface area contributed by atoms with E-state index in [1.165, 1.54) is 24.0 Å². The van der Waals surface area contributed by atoms with Crippen LogP contribution in [-0.2, 0) is 6.42 Å². The standard InChI is InChI=1S/C14H23N/c1-5-6-13-7-9-14(10-8-13)12(4)15-11(2)3/h7-12,15H,5-6H2,1-4H3. The van der Waals surface area contributed by atoms with E-state index in [-0.39, 0.29) is 0 Å². The molecule has 0 aromatic heterocycles. The lowest BCUT2D eigenvalue weighted by Crippen LogP contribution is -2.25. The van der Waals surface area contributed by atoms with Gasteiger partial charge in [-0.25, -0.2) is 0 Å². The second kappa shape index (κ2) is 5.92. The van der Waals surface area contributed by atoms with Crippen molar-refractivity contribution < 1.29 is 0 Å². The first kappa shape index (κ1) is 12.3. The molecular weight excluding hydrogens is 182 g/mol. The van der Waals surface area contributed by atoms with E-state index in [2.05, 4.69) is 57.3 Å². The van der Waals surface area contributed by atoms with Crippen molar-refractivity contribution in [2.75, 3.05) is 0 Å². The van der Waals surface area contributed by atoms with Crippen molar-refractivity contribution in [3.63, 3.8) is 0 Å². The lowest BCUT2D eigenvalue weighted by Gasteiger charge is -2.17. The third-order valence-corrected chi connectivity index (χ3v) is 2.60. The predicted molar refractivity (Wildman–Crippen MR) is 67.1 cm³/mol. The summed E-state index contributed by atoms with van der Waals surface area (Å²) >= 11 is 0. The maximum absolute atomic E-state index is 3.51. The van der Waals surface area contributed by atoms with Crippen molar-refractivity contribution in [1.29, 1.82) is 0 Å². The van der Waals surface area contributed by atoms with Crippen LogP contribution >= 0.6 is 0 Å². The number of rotatable bonds is 5. The topological polar surface area (TPSA) is 12.0 Å². The lowest BCUT2D eigenvalue weighted by atomic mass is 10.0. The van der Waals surface area contributed by atoms with Crippen LogP contribution in [0.3, 0.4) is 0 Å². The van der Waals surface area contributed by atoms with E-state index in [9.17, 15) is 0 Å². The van der Waals surface area contributed by atoms with Gasteiger partial charge in [0.25, 0.3) is 0 Å². The fourth-order valence-corrected chi connectivity index (χ4v) is 1.86. The van der Waals surface area contributed by atoms with Crippen LogP contribution < -0.4 is 5.32 Å². The number of aryl methyl sites for hydroxylation is 1. The van der Waals surface area contributed by atoms with E-state index in [1.54, 1.807) is 0 Å². The molecule has 0 saturated heterocycles. The van der Waals surface area contributed by atoms with Gasteiger partial charge < -0.3 is 5.32 Å². The van der Waals surface area contributed by atoms with Gasteiger partial charge in [0.1, 0.15) is 0 Å². The Bertz CT molecular complexity index is 274. The number of hydrogen-bond acceptors (Lipinski definition) is 1. The van der Waals surface area contributed by atoms with Gasteiger partial charge in [-0.1, -0.05) is 51.5 Å². The van der Waals surface area contributed by atoms with Crippen LogP contribution in [-0.4, -0.2) is 6.04 Å². The number of nitrogens with one attached hydrogen (secondary N) is 1. The monoisotopic (exact) mass is 205 g/mol. The quantitative estimate of drug-likeness (QED) is 0.773. The van der Waals surface area contributed by atoms with Crippen LogP contribution in [0.5, 0.6) is 0 Å². The minimum Gasteiger partial charge on any atom is -0.308 e. The Morgan fingerprint density at radius 3 is 2.13 bits per heavy atom. The van der Waals surface area contributed by atoms with E-state index >= 15 is 0 Å². The summed E-state index contributed by atoms with van der Waals surface area (Å²) in [5.74, 6) is 0. The maximum atomic E-state index is 3.51. The first-order chi connectivity index (χ1) is 7.13. The first-order valence-corrected chi connectivity index (χ1v) is 5.98. The summed E-state index contributed by atoms with van der Waals surface area (Å²) in [5.41, 5.74) is 2.82. The molecule has 0 fully saturated rings. The first-order valence-electron chi connectivity index (χ1n) is 5.98. The van der Waals surface area contributed by atoms with Gasteiger partial charge >= 0.3 is 0 Å². The molecule has 0 bridgehead atoms.